The Labute approximate surface area is 104 Å². The van der Waals surface area contributed by atoms with Gasteiger partial charge in [0.2, 0.25) is 5.91 Å². The van der Waals surface area contributed by atoms with Gasteiger partial charge in [0.15, 0.2) is 0 Å². The van der Waals surface area contributed by atoms with E-state index in [0.717, 1.165) is 38.9 Å². The van der Waals surface area contributed by atoms with Crippen LogP contribution in [0.5, 0.6) is 0 Å². The van der Waals surface area contributed by atoms with Crippen molar-refractivity contribution in [3.8, 4) is 0 Å². The number of hydrogen-bond donors (Lipinski definition) is 1. The third kappa shape index (κ3) is 2.99. The van der Waals surface area contributed by atoms with Gasteiger partial charge in [-0.25, -0.2) is 0 Å². The van der Waals surface area contributed by atoms with Gasteiger partial charge in [-0.05, 0) is 32.2 Å². The fourth-order valence-electron chi connectivity index (χ4n) is 3.08. The first-order valence-corrected chi connectivity index (χ1v) is 7.00. The second-order valence-corrected chi connectivity index (χ2v) is 5.36. The summed E-state index contributed by atoms with van der Waals surface area (Å²) < 4.78 is 0. The fourth-order valence-corrected chi connectivity index (χ4v) is 3.08. The van der Waals surface area contributed by atoms with Crippen LogP contribution in [0.15, 0.2) is 0 Å². The van der Waals surface area contributed by atoms with Crippen LogP contribution in [0.1, 0.15) is 39.0 Å². The van der Waals surface area contributed by atoms with Crippen LogP contribution in [0.25, 0.3) is 0 Å². The van der Waals surface area contributed by atoms with E-state index >= 15 is 0 Å². The number of carbonyl (C=O) groups is 1. The monoisotopic (exact) mass is 239 g/mol. The summed E-state index contributed by atoms with van der Waals surface area (Å²) in [5.74, 6) is 0.167. The molecule has 98 valence electrons. The summed E-state index contributed by atoms with van der Waals surface area (Å²) in [6, 6.07) is 0.309. The molecule has 2 fully saturated rings. The Morgan fingerprint density at radius 3 is 2.88 bits per heavy atom. The van der Waals surface area contributed by atoms with Crippen LogP contribution in [0.4, 0.5) is 0 Å². The zero-order valence-corrected chi connectivity index (χ0v) is 10.9. The molecule has 2 aliphatic rings. The van der Waals surface area contributed by atoms with Gasteiger partial charge in [-0.2, -0.15) is 0 Å². The predicted octanol–water partition coefficient (Wildman–Crippen LogP) is 0.811. The minimum atomic E-state index is -0.284. The van der Waals surface area contributed by atoms with E-state index in [0.29, 0.717) is 6.04 Å². The topological polar surface area (TPSA) is 49.6 Å². The van der Waals surface area contributed by atoms with Gasteiger partial charge in [0.05, 0.1) is 6.04 Å². The Balaban J connectivity index is 1.93. The summed E-state index contributed by atoms with van der Waals surface area (Å²) in [6.45, 7) is 6.24. The Hall–Kier alpha value is -0.610. The Morgan fingerprint density at radius 2 is 2.12 bits per heavy atom. The summed E-state index contributed by atoms with van der Waals surface area (Å²) in [5.41, 5.74) is 5.94. The van der Waals surface area contributed by atoms with Gasteiger partial charge in [0.1, 0.15) is 0 Å². The number of fused-ring (bicyclic) bond motifs is 1. The average molecular weight is 239 g/mol. The molecule has 4 heteroatoms. The summed E-state index contributed by atoms with van der Waals surface area (Å²) in [7, 11) is 0. The van der Waals surface area contributed by atoms with Crippen LogP contribution >= 0.6 is 0 Å². The molecule has 0 aromatic rings. The van der Waals surface area contributed by atoms with Crippen molar-refractivity contribution >= 4 is 5.91 Å². The normalized spacial score (nSPS) is 27.6. The van der Waals surface area contributed by atoms with Gasteiger partial charge >= 0.3 is 0 Å². The van der Waals surface area contributed by atoms with E-state index in [1.54, 1.807) is 0 Å². The molecular formula is C13H25N3O. The maximum Gasteiger partial charge on any atom is 0.239 e. The van der Waals surface area contributed by atoms with E-state index in [1.807, 2.05) is 4.90 Å². The lowest BCUT2D eigenvalue weighted by Crippen LogP contribution is -2.47. The first-order chi connectivity index (χ1) is 8.22. The van der Waals surface area contributed by atoms with Crippen molar-refractivity contribution in [2.75, 3.05) is 26.2 Å². The first-order valence-electron chi connectivity index (χ1n) is 7.00. The maximum atomic E-state index is 12.2. The minimum absolute atomic E-state index is 0.167. The smallest absolute Gasteiger partial charge is 0.239 e. The van der Waals surface area contributed by atoms with Crippen molar-refractivity contribution in [2.24, 2.45) is 5.73 Å². The molecule has 0 saturated carbocycles. The van der Waals surface area contributed by atoms with Crippen molar-refractivity contribution in [2.45, 2.75) is 51.1 Å². The molecule has 0 spiro atoms. The summed E-state index contributed by atoms with van der Waals surface area (Å²) >= 11 is 0. The highest BCUT2D eigenvalue weighted by atomic mass is 16.2. The molecule has 0 aromatic carbocycles. The molecule has 2 aliphatic heterocycles. The lowest BCUT2D eigenvalue weighted by atomic mass is 10.1. The zero-order valence-electron chi connectivity index (χ0n) is 10.9. The average Bonchev–Trinajstić information content (AvgIpc) is 2.66. The van der Waals surface area contributed by atoms with E-state index in [1.165, 1.54) is 19.4 Å². The highest BCUT2D eigenvalue weighted by molar-refractivity contribution is 5.81. The van der Waals surface area contributed by atoms with Gasteiger partial charge in [0.25, 0.3) is 0 Å². The molecule has 2 rings (SSSR count). The lowest BCUT2D eigenvalue weighted by Gasteiger charge is -2.27. The van der Waals surface area contributed by atoms with Crippen molar-refractivity contribution in [3.63, 3.8) is 0 Å². The number of carbonyl (C=O) groups excluding carboxylic acids is 1. The maximum absolute atomic E-state index is 12.2. The Bertz CT molecular complexity index is 269. The number of nitrogens with zero attached hydrogens (tertiary/aromatic N) is 2. The number of rotatable bonds is 3. The van der Waals surface area contributed by atoms with Crippen LogP contribution in [0.3, 0.4) is 0 Å². The molecule has 0 bridgehead atoms. The van der Waals surface area contributed by atoms with Crippen LogP contribution in [0, 0.1) is 0 Å². The molecule has 4 nitrogen and oxygen atoms in total. The van der Waals surface area contributed by atoms with Crippen molar-refractivity contribution in [1.29, 1.82) is 0 Å². The standard InChI is InChI=1S/C13H25N3O/c1-2-5-12(14)13(17)16-9-4-8-15-7-3-6-11(15)10-16/h11-12H,2-10,14H2,1H3. The largest absolute Gasteiger partial charge is 0.340 e. The number of amides is 1. The van der Waals surface area contributed by atoms with E-state index in [9.17, 15) is 4.79 Å². The number of hydrogen-bond acceptors (Lipinski definition) is 3. The van der Waals surface area contributed by atoms with E-state index in [2.05, 4.69) is 11.8 Å². The van der Waals surface area contributed by atoms with Gasteiger partial charge in [-0.3, -0.25) is 9.69 Å². The third-order valence-corrected chi connectivity index (χ3v) is 4.03. The highest BCUT2D eigenvalue weighted by Crippen LogP contribution is 2.21. The van der Waals surface area contributed by atoms with Gasteiger partial charge in [-0.1, -0.05) is 13.3 Å². The SMILES string of the molecule is CCCC(N)C(=O)N1CCCN2CCCC2C1. The van der Waals surface area contributed by atoms with Gasteiger partial charge in [0, 0.05) is 25.7 Å². The third-order valence-electron chi connectivity index (χ3n) is 4.03. The van der Waals surface area contributed by atoms with Crippen molar-refractivity contribution in [3.05, 3.63) is 0 Å². The van der Waals surface area contributed by atoms with E-state index < -0.39 is 0 Å². The van der Waals surface area contributed by atoms with E-state index in [-0.39, 0.29) is 11.9 Å². The van der Waals surface area contributed by atoms with Crippen molar-refractivity contribution in [1.82, 2.24) is 9.80 Å². The highest BCUT2D eigenvalue weighted by Gasteiger charge is 2.31. The van der Waals surface area contributed by atoms with Crippen LogP contribution in [-0.2, 0) is 4.79 Å². The number of nitrogens with two attached hydrogens (primary N) is 1. The Morgan fingerprint density at radius 1 is 1.35 bits per heavy atom. The predicted molar refractivity (Wildman–Crippen MR) is 68.7 cm³/mol. The molecule has 2 unspecified atom stereocenters. The fraction of sp³-hybridized carbons (Fsp3) is 0.923. The molecule has 2 heterocycles. The minimum Gasteiger partial charge on any atom is -0.340 e. The van der Waals surface area contributed by atoms with Gasteiger partial charge < -0.3 is 10.6 Å². The summed E-state index contributed by atoms with van der Waals surface area (Å²) in [5, 5.41) is 0. The first kappa shape index (κ1) is 12.8. The molecule has 0 aromatic heterocycles. The molecule has 17 heavy (non-hydrogen) atoms. The zero-order chi connectivity index (χ0) is 12.3. The van der Waals surface area contributed by atoms with Crippen molar-refractivity contribution < 1.29 is 4.79 Å². The summed E-state index contributed by atoms with van der Waals surface area (Å²) in [6.07, 6.45) is 5.42. The van der Waals surface area contributed by atoms with Gasteiger partial charge in [-0.15, -0.1) is 0 Å². The molecule has 2 N–H and O–H groups in total. The second kappa shape index (κ2) is 5.83. The molecule has 1 amide bonds. The van der Waals surface area contributed by atoms with Crippen LogP contribution in [-0.4, -0.2) is 54.0 Å². The molecule has 2 atom stereocenters. The molecule has 0 aliphatic carbocycles. The lowest BCUT2D eigenvalue weighted by molar-refractivity contribution is -0.133. The molecular weight excluding hydrogens is 214 g/mol. The summed E-state index contributed by atoms with van der Waals surface area (Å²) in [4.78, 5) is 16.8. The van der Waals surface area contributed by atoms with E-state index in [4.69, 9.17) is 5.73 Å². The van der Waals surface area contributed by atoms with Crippen LogP contribution in [0.2, 0.25) is 0 Å². The van der Waals surface area contributed by atoms with Crippen LogP contribution < -0.4 is 5.73 Å². The molecule has 0 radical (unpaired) electrons. The Kier molecular flexibility index (Phi) is 4.40. The molecule has 2 saturated heterocycles. The quantitative estimate of drug-likeness (QED) is 0.793. The second-order valence-electron chi connectivity index (χ2n) is 5.36.